The fourth-order valence-corrected chi connectivity index (χ4v) is 5.21. The minimum atomic E-state index is 0.135. The van der Waals surface area contributed by atoms with Crippen molar-refractivity contribution >= 4 is 0 Å². The van der Waals surface area contributed by atoms with Gasteiger partial charge in [0, 0.05) is 36.6 Å². The predicted octanol–water partition coefficient (Wildman–Crippen LogP) is 3.97. The van der Waals surface area contributed by atoms with Gasteiger partial charge in [0.05, 0.1) is 0 Å². The molecule has 2 saturated heterocycles. The summed E-state index contributed by atoms with van der Waals surface area (Å²) in [4.78, 5) is 2.74. The van der Waals surface area contributed by atoms with E-state index in [0.717, 1.165) is 24.6 Å². The van der Waals surface area contributed by atoms with E-state index in [4.69, 9.17) is 5.73 Å². The Morgan fingerprint density at radius 1 is 1.04 bits per heavy atom. The maximum absolute atomic E-state index is 6.45. The number of aryl methyl sites for hydroxylation is 1. The lowest BCUT2D eigenvalue weighted by atomic mass is 9.95. The van der Waals surface area contributed by atoms with Gasteiger partial charge in [-0.25, -0.2) is 0 Å². The molecule has 0 spiro atoms. The number of aromatic nitrogens is 3. The highest BCUT2D eigenvalue weighted by Crippen LogP contribution is 2.42. The van der Waals surface area contributed by atoms with Crippen molar-refractivity contribution in [2.75, 3.05) is 6.54 Å². The summed E-state index contributed by atoms with van der Waals surface area (Å²) in [5, 5.41) is 8.83. The lowest BCUT2D eigenvalue weighted by molar-refractivity contribution is 0.101. The van der Waals surface area contributed by atoms with Gasteiger partial charge in [-0.05, 0) is 44.6 Å². The number of hydrogen-bond donors (Lipinski definition) is 1. The van der Waals surface area contributed by atoms with Gasteiger partial charge in [-0.3, -0.25) is 4.90 Å². The van der Waals surface area contributed by atoms with Crippen LogP contribution in [0.5, 0.6) is 0 Å². The number of fused-ring (bicyclic) bond motifs is 2. The van der Waals surface area contributed by atoms with Crippen molar-refractivity contribution in [2.24, 2.45) is 5.73 Å². The Bertz CT molecular complexity index is 739. The first-order valence-electron chi connectivity index (χ1n) is 10.5. The van der Waals surface area contributed by atoms with E-state index >= 15 is 0 Å². The van der Waals surface area contributed by atoms with Crippen LogP contribution in [0.15, 0.2) is 30.3 Å². The van der Waals surface area contributed by atoms with Gasteiger partial charge in [0.25, 0.3) is 0 Å². The quantitative estimate of drug-likeness (QED) is 0.839. The Morgan fingerprint density at radius 2 is 1.70 bits per heavy atom. The average Bonchev–Trinajstić information content (AvgIpc) is 3.16. The largest absolute Gasteiger partial charge is 0.324 e. The fraction of sp³-hybridized carbons (Fsp3) is 0.636. The monoisotopic (exact) mass is 367 g/mol. The molecule has 3 atom stereocenters. The maximum atomic E-state index is 6.45. The molecule has 27 heavy (non-hydrogen) atoms. The third-order valence-electron chi connectivity index (χ3n) is 6.56. The topological polar surface area (TPSA) is 60.0 Å². The van der Waals surface area contributed by atoms with Crippen molar-refractivity contribution in [3.05, 3.63) is 47.5 Å². The zero-order valence-corrected chi connectivity index (χ0v) is 16.9. The van der Waals surface area contributed by atoms with Gasteiger partial charge in [-0.15, -0.1) is 10.2 Å². The molecule has 146 valence electrons. The second kappa shape index (κ2) is 7.72. The van der Waals surface area contributed by atoms with Crippen LogP contribution < -0.4 is 5.73 Å². The first-order chi connectivity index (χ1) is 13.0. The van der Waals surface area contributed by atoms with Gasteiger partial charge >= 0.3 is 0 Å². The van der Waals surface area contributed by atoms with Crippen LogP contribution in [0.2, 0.25) is 0 Å². The number of nitrogens with two attached hydrogens (primary N) is 1. The van der Waals surface area contributed by atoms with Gasteiger partial charge < -0.3 is 10.3 Å². The molecule has 0 saturated carbocycles. The van der Waals surface area contributed by atoms with Crippen LogP contribution in [-0.4, -0.2) is 38.3 Å². The van der Waals surface area contributed by atoms with Gasteiger partial charge in [0.2, 0.25) is 0 Å². The molecule has 1 aromatic heterocycles. The highest BCUT2D eigenvalue weighted by molar-refractivity contribution is 5.18. The second-order valence-corrected chi connectivity index (χ2v) is 8.68. The molecule has 5 heteroatoms. The molecule has 3 heterocycles. The number of piperidine rings is 1. The average molecular weight is 368 g/mol. The number of rotatable bonds is 6. The second-order valence-electron chi connectivity index (χ2n) is 8.68. The Hall–Kier alpha value is -1.72. The van der Waals surface area contributed by atoms with E-state index < -0.39 is 0 Å². The van der Waals surface area contributed by atoms with E-state index in [1.807, 2.05) is 0 Å². The zero-order chi connectivity index (χ0) is 19.0. The number of hydrogen-bond acceptors (Lipinski definition) is 4. The molecule has 2 aliphatic rings. The summed E-state index contributed by atoms with van der Waals surface area (Å²) >= 11 is 0. The molecule has 5 nitrogen and oxygen atoms in total. The predicted molar refractivity (Wildman–Crippen MR) is 109 cm³/mol. The number of nitrogens with zero attached hydrogens (tertiary/aromatic N) is 4. The van der Waals surface area contributed by atoms with Gasteiger partial charge in [-0.1, -0.05) is 44.2 Å². The molecule has 0 radical (unpaired) electrons. The first kappa shape index (κ1) is 18.6. The van der Waals surface area contributed by atoms with E-state index in [-0.39, 0.29) is 6.04 Å². The van der Waals surface area contributed by atoms with Crippen LogP contribution in [0.3, 0.4) is 0 Å². The molecule has 0 aliphatic carbocycles. The summed E-state index contributed by atoms with van der Waals surface area (Å²) in [7, 11) is 0. The first-order valence-corrected chi connectivity index (χ1v) is 10.5. The van der Waals surface area contributed by atoms with Crippen LogP contribution >= 0.6 is 0 Å². The zero-order valence-electron chi connectivity index (χ0n) is 16.9. The SMILES string of the molecule is Cc1nnc(C(C)C)n1C1CC2CCC(C1)N2CC[C@H](N)c1ccccc1. The van der Waals surface area contributed by atoms with E-state index in [2.05, 4.69) is 70.8 Å². The van der Waals surface area contributed by atoms with Gasteiger partial charge in [0.15, 0.2) is 0 Å². The highest BCUT2D eigenvalue weighted by Gasteiger charge is 2.42. The maximum Gasteiger partial charge on any atom is 0.135 e. The minimum Gasteiger partial charge on any atom is -0.324 e. The molecule has 2 aromatic rings. The Labute approximate surface area is 163 Å². The van der Waals surface area contributed by atoms with Crippen LogP contribution in [0.4, 0.5) is 0 Å². The minimum absolute atomic E-state index is 0.135. The fourth-order valence-electron chi connectivity index (χ4n) is 5.21. The molecule has 2 N–H and O–H groups in total. The highest BCUT2D eigenvalue weighted by atomic mass is 15.3. The van der Waals surface area contributed by atoms with E-state index in [9.17, 15) is 0 Å². The Morgan fingerprint density at radius 3 is 2.33 bits per heavy atom. The molecule has 0 amide bonds. The van der Waals surface area contributed by atoms with Gasteiger partial charge in [-0.2, -0.15) is 0 Å². The van der Waals surface area contributed by atoms with Crippen LogP contribution in [0.25, 0.3) is 0 Å². The number of benzene rings is 1. The van der Waals surface area contributed by atoms with E-state index in [0.29, 0.717) is 24.0 Å². The van der Waals surface area contributed by atoms with Crippen molar-refractivity contribution in [2.45, 2.75) is 83.0 Å². The van der Waals surface area contributed by atoms with E-state index in [1.165, 1.54) is 31.2 Å². The van der Waals surface area contributed by atoms with E-state index in [1.54, 1.807) is 0 Å². The van der Waals surface area contributed by atoms with Gasteiger partial charge in [0.1, 0.15) is 11.6 Å². The van der Waals surface area contributed by atoms with Crippen molar-refractivity contribution in [1.29, 1.82) is 0 Å². The lowest BCUT2D eigenvalue weighted by Crippen LogP contribution is -2.44. The molecule has 1 aromatic carbocycles. The third-order valence-corrected chi connectivity index (χ3v) is 6.56. The van der Waals surface area contributed by atoms with Crippen molar-refractivity contribution < 1.29 is 0 Å². The Balaban J connectivity index is 1.42. The molecular formula is C22H33N5. The lowest BCUT2D eigenvalue weighted by Gasteiger charge is -2.40. The molecule has 2 fully saturated rings. The van der Waals surface area contributed by atoms with Crippen molar-refractivity contribution in [3.63, 3.8) is 0 Å². The Kier molecular flexibility index (Phi) is 5.33. The summed E-state index contributed by atoms with van der Waals surface area (Å²) in [6, 6.07) is 12.6. The molecule has 2 unspecified atom stereocenters. The summed E-state index contributed by atoms with van der Waals surface area (Å²) in [6.45, 7) is 7.64. The third kappa shape index (κ3) is 3.67. The molecular weight excluding hydrogens is 334 g/mol. The molecule has 4 rings (SSSR count). The molecule has 2 aliphatic heterocycles. The smallest absolute Gasteiger partial charge is 0.135 e. The normalized spacial score (nSPS) is 26.6. The summed E-state index contributed by atoms with van der Waals surface area (Å²) in [5.41, 5.74) is 7.70. The van der Waals surface area contributed by atoms with Crippen LogP contribution in [0.1, 0.15) is 81.2 Å². The van der Waals surface area contributed by atoms with Crippen molar-refractivity contribution in [3.8, 4) is 0 Å². The van der Waals surface area contributed by atoms with Crippen LogP contribution in [0, 0.1) is 6.92 Å². The summed E-state index contributed by atoms with van der Waals surface area (Å²) in [6.07, 6.45) is 6.11. The summed E-state index contributed by atoms with van der Waals surface area (Å²) in [5.74, 6) is 2.64. The standard InChI is InChI=1S/C22H33N5/c1-15(2)22-25-24-16(3)27(22)20-13-18-9-10-19(14-20)26(18)12-11-21(23)17-7-5-4-6-8-17/h4-8,15,18-21H,9-14,23H2,1-3H3/t18?,19?,20?,21-/m0/s1. The van der Waals surface area contributed by atoms with Crippen LogP contribution in [-0.2, 0) is 0 Å². The summed E-state index contributed by atoms with van der Waals surface area (Å²) < 4.78 is 2.43. The molecule has 2 bridgehead atoms. The van der Waals surface area contributed by atoms with Crippen molar-refractivity contribution in [1.82, 2.24) is 19.7 Å².